The molecule has 0 aliphatic heterocycles. The molecule has 2 heterocycles. The number of hydrogen-bond donors (Lipinski definition) is 1. The van der Waals surface area contributed by atoms with E-state index >= 15 is 0 Å². The molecule has 0 saturated carbocycles. The minimum absolute atomic E-state index is 0.0566. The Bertz CT molecular complexity index is 740. The maximum atomic E-state index is 12.1. The molecule has 0 atom stereocenters. The highest BCUT2D eigenvalue weighted by Gasteiger charge is 2.13. The summed E-state index contributed by atoms with van der Waals surface area (Å²) in [5, 5.41) is 7.16. The molecule has 0 bridgehead atoms. The van der Waals surface area contributed by atoms with Crippen LogP contribution < -0.4 is 10.9 Å². The Hall–Kier alpha value is -2.50. The van der Waals surface area contributed by atoms with E-state index in [9.17, 15) is 9.59 Å². The normalized spacial score (nSPS) is 13.9. The van der Waals surface area contributed by atoms with Crippen LogP contribution in [0.1, 0.15) is 36.2 Å². The molecule has 1 aliphatic carbocycles. The lowest BCUT2D eigenvalue weighted by Crippen LogP contribution is -2.34. The minimum Gasteiger partial charge on any atom is -0.349 e. The number of nitrogens with one attached hydrogen (secondary N) is 1. The average molecular weight is 312 g/mol. The summed E-state index contributed by atoms with van der Waals surface area (Å²) in [7, 11) is 0. The lowest BCUT2D eigenvalue weighted by Gasteiger charge is -2.10. The number of fused-ring (bicyclic) bond motifs is 1. The van der Waals surface area contributed by atoms with E-state index < -0.39 is 0 Å². The highest BCUT2D eigenvalue weighted by atomic mass is 16.2. The Kier molecular flexibility index (Phi) is 4.80. The van der Waals surface area contributed by atoms with Crippen molar-refractivity contribution in [3.05, 3.63) is 57.8 Å². The molecule has 0 radical (unpaired) electrons. The van der Waals surface area contributed by atoms with Crippen LogP contribution >= 0.6 is 0 Å². The van der Waals surface area contributed by atoms with Crippen molar-refractivity contribution >= 4 is 5.91 Å². The van der Waals surface area contributed by atoms with E-state index in [0.717, 1.165) is 49.1 Å². The molecule has 0 aromatic carbocycles. The molecular formula is C17H20N4O2. The maximum Gasteiger partial charge on any atom is 0.267 e. The number of aryl methyl sites for hydroxylation is 2. The van der Waals surface area contributed by atoms with Crippen LogP contribution in [0.5, 0.6) is 0 Å². The smallest absolute Gasteiger partial charge is 0.267 e. The molecule has 2 aromatic rings. The van der Waals surface area contributed by atoms with Crippen molar-refractivity contribution in [2.45, 2.75) is 45.2 Å². The molecule has 1 aliphatic rings. The first-order chi connectivity index (χ1) is 11.2. The Morgan fingerprint density at radius 2 is 2.09 bits per heavy atom. The Morgan fingerprint density at radius 1 is 1.22 bits per heavy atom. The zero-order valence-corrected chi connectivity index (χ0v) is 13.0. The Morgan fingerprint density at radius 3 is 2.91 bits per heavy atom. The van der Waals surface area contributed by atoms with Crippen molar-refractivity contribution in [3.8, 4) is 0 Å². The zero-order valence-electron chi connectivity index (χ0n) is 13.0. The van der Waals surface area contributed by atoms with Crippen LogP contribution in [0.25, 0.3) is 0 Å². The molecule has 2 aromatic heterocycles. The van der Waals surface area contributed by atoms with Crippen LogP contribution in [0.15, 0.2) is 35.3 Å². The largest absolute Gasteiger partial charge is 0.349 e. The third-order valence-electron chi connectivity index (χ3n) is 4.01. The van der Waals surface area contributed by atoms with Crippen molar-refractivity contribution in [3.63, 3.8) is 0 Å². The Labute approximate surface area is 134 Å². The van der Waals surface area contributed by atoms with Crippen molar-refractivity contribution in [1.29, 1.82) is 0 Å². The molecule has 0 fully saturated rings. The van der Waals surface area contributed by atoms with Gasteiger partial charge in [0, 0.05) is 12.3 Å². The van der Waals surface area contributed by atoms with Gasteiger partial charge in [0.15, 0.2) is 0 Å². The molecule has 3 rings (SSSR count). The summed E-state index contributed by atoms with van der Waals surface area (Å²) in [6.07, 6.45) is 6.82. The fraction of sp³-hybridized carbons (Fsp3) is 0.412. The van der Waals surface area contributed by atoms with Gasteiger partial charge in [-0.3, -0.25) is 14.6 Å². The second-order valence-corrected chi connectivity index (χ2v) is 5.77. The van der Waals surface area contributed by atoms with Crippen molar-refractivity contribution in [2.75, 3.05) is 0 Å². The van der Waals surface area contributed by atoms with E-state index in [1.54, 1.807) is 12.3 Å². The van der Waals surface area contributed by atoms with Crippen LogP contribution in [0, 0.1) is 0 Å². The summed E-state index contributed by atoms with van der Waals surface area (Å²) in [5.41, 5.74) is 2.57. The number of aromatic nitrogens is 3. The lowest BCUT2D eigenvalue weighted by molar-refractivity contribution is -0.122. The van der Waals surface area contributed by atoms with E-state index in [4.69, 9.17) is 0 Å². The van der Waals surface area contributed by atoms with Gasteiger partial charge in [0.25, 0.3) is 5.56 Å². The number of carbonyl (C=O) groups excluding carboxylic acids is 1. The standard InChI is InChI=1S/C17H20N4O2/c22-16(19-11-14-7-4-5-9-18-14)12-21-17(23)10-13-6-2-1-3-8-15(13)20-21/h4-5,7,9-10H,1-3,6,8,11-12H2,(H,19,22). The summed E-state index contributed by atoms with van der Waals surface area (Å²) in [6.45, 7) is 0.290. The molecule has 120 valence electrons. The van der Waals surface area contributed by atoms with Gasteiger partial charge >= 0.3 is 0 Å². The number of rotatable bonds is 4. The molecule has 1 amide bonds. The molecule has 1 N–H and O–H groups in total. The second-order valence-electron chi connectivity index (χ2n) is 5.77. The van der Waals surface area contributed by atoms with E-state index in [-0.39, 0.29) is 18.0 Å². The molecule has 0 unspecified atom stereocenters. The fourth-order valence-corrected chi connectivity index (χ4v) is 2.77. The van der Waals surface area contributed by atoms with Gasteiger partial charge in [0.05, 0.1) is 17.9 Å². The van der Waals surface area contributed by atoms with Gasteiger partial charge in [-0.25, -0.2) is 4.68 Å². The summed E-state index contributed by atoms with van der Waals surface area (Å²) in [6, 6.07) is 7.17. The number of amides is 1. The highest BCUT2D eigenvalue weighted by Crippen LogP contribution is 2.16. The maximum absolute atomic E-state index is 12.1. The van der Waals surface area contributed by atoms with E-state index in [1.807, 2.05) is 18.2 Å². The summed E-state index contributed by atoms with van der Waals surface area (Å²) in [4.78, 5) is 28.3. The zero-order chi connectivity index (χ0) is 16.1. The predicted molar refractivity (Wildman–Crippen MR) is 85.8 cm³/mol. The topological polar surface area (TPSA) is 76.9 Å². The SMILES string of the molecule is O=C(Cn1nc2c(cc1=O)CCCCC2)NCc1ccccn1. The molecular weight excluding hydrogens is 292 g/mol. The minimum atomic E-state index is -0.237. The van der Waals surface area contributed by atoms with E-state index in [2.05, 4.69) is 15.4 Å². The summed E-state index contributed by atoms with van der Waals surface area (Å²) in [5.74, 6) is -0.237. The van der Waals surface area contributed by atoms with Crippen LogP contribution in [-0.2, 0) is 30.7 Å². The van der Waals surface area contributed by atoms with Gasteiger partial charge in [-0.05, 0) is 43.4 Å². The van der Waals surface area contributed by atoms with Gasteiger partial charge < -0.3 is 5.32 Å². The second kappa shape index (κ2) is 7.17. The molecule has 0 saturated heterocycles. The number of nitrogens with zero attached hydrogens (tertiary/aromatic N) is 3. The first-order valence-electron chi connectivity index (χ1n) is 7.99. The van der Waals surface area contributed by atoms with Crippen LogP contribution in [0.2, 0.25) is 0 Å². The van der Waals surface area contributed by atoms with E-state index in [0.29, 0.717) is 6.54 Å². The van der Waals surface area contributed by atoms with Gasteiger partial charge in [-0.2, -0.15) is 5.10 Å². The van der Waals surface area contributed by atoms with Crippen LogP contribution in [0.4, 0.5) is 0 Å². The van der Waals surface area contributed by atoms with Crippen LogP contribution in [0.3, 0.4) is 0 Å². The molecule has 0 spiro atoms. The van der Waals surface area contributed by atoms with Crippen molar-refractivity contribution in [1.82, 2.24) is 20.1 Å². The predicted octanol–water partition coefficient (Wildman–Crippen LogP) is 1.22. The Balaban J connectivity index is 1.66. The monoisotopic (exact) mass is 312 g/mol. The highest BCUT2D eigenvalue weighted by molar-refractivity contribution is 5.75. The molecule has 23 heavy (non-hydrogen) atoms. The third kappa shape index (κ3) is 4.03. The van der Waals surface area contributed by atoms with Gasteiger partial charge in [-0.15, -0.1) is 0 Å². The van der Waals surface area contributed by atoms with Crippen LogP contribution in [-0.4, -0.2) is 20.7 Å². The van der Waals surface area contributed by atoms with Crippen molar-refractivity contribution < 1.29 is 4.79 Å². The summed E-state index contributed by atoms with van der Waals surface area (Å²) >= 11 is 0. The number of pyridine rings is 1. The molecule has 6 heteroatoms. The van der Waals surface area contributed by atoms with Gasteiger partial charge in [-0.1, -0.05) is 12.5 Å². The average Bonchev–Trinajstić information content (AvgIpc) is 2.79. The third-order valence-corrected chi connectivity index (χ3v) is 4.01. The summed E-state index contributed by atoms with van der Waals surface area (Å²) < 4.78 is 1.26. The molecule has 6 nitrogen and oxygen atoms in total. The first kappa shape index (κ1) is 15.4. The quantitative estimate of drug-likeness (QED) is 0.861. The van der Waals surface area contributed by atoms with E-state index in [1.165, 1.54) is 4.68 Å². The first-order valence-corrected chi connectivity index (χ1v) is 7.99. The van der Waals surface area contributed by atoms with Gasteiger partial charge in [0.1, 0.15) is 6.54 Å². The van der Waals surface area contributed by atoms with Crippen molar-refractivity contribution in [2.24, 2.45) is 0 Å². The number of carbonyl (C=O) groups is 1. The fourth-order valence-electron chi connectivity index (χ4n) is 2.77. The van der Waals surface area contributed by atoms with Gasteiger partial charge in [0.2, 0.25) is 5.91 Å². The number of hydrogen-bond acceptors (Lipinski definition) is 4. The lowest BCUT2D eigenvalue weighted by atomic mass is 10.1.